The van der Waals surface area contributed by atoms with Gasteiger partial charge in [0.15, 0.2) is 0 Å². The molecule has 1 aromatic carbocycles. The lowest BCUT2D eigenvalue weighted by Gasteiger charge is -2.19. The number of benzene rings is 1. The summed E-state index contributed by atoms with van der Waals surface area (Å²) in [5, 5.41) is 0.622. The summed E-state index contributed by atoms with van der Waals surface area (Å²) < 4.78 is 9.99. The predicted octanol–water partition coefficient (Wildman–Crippen LogP) is 1.61. The van der Waals surface area contributed by atoms with Crippen LogP contribution in [0.25, 0.3) is 0 Å². The fourth-order valence-corrected chi connectivity index (χ4v) is 1.25. The van der Waals surface area contributed by atoms with Gasteiger partial charge < -0.3 is 15.2 Å². The first-order valence-electron chi connectivity index (χ1n) is 4.80. The average molecular weight is 244 g/mol. The van der Waals surface area contributed by atoms with Crippen LogP contribution in [0.3, 0.4) is 0 Å². The van der Waals surface area contributed by atoms with Crippen molar-refractivity contribution >= 4 is 17.6 Å². The molecule has 1 aromatic rings. The van der Waals surface area contributed by atoms with Gasteiger partial charge in [0.05, 0.1) is 7.11 Å². The Hall–Kier alpha value is -1.26. The number of rotatable bonds is 4. The summed E-state index contributed by atoms with van der Waals surface area (Å²) in [4.78, 5) is 11.1. The number of ether oxygens (including phenoxy) is 2. The summed E-state index contributed by atoms with van der Waals surface area (Å²) in [5.74, 6) is 0.109. The second-order valence-corrected chi connectivity index (χ2v) is 3.76. The number of nitrogens with two attached hydrogens (primary N) is 1. The van der Waals surface area contributed by atoms with Gasteiger partial charge in [-0.3, -0.25) is 4.79 Å². The lowest BCUT2D eigenvalue weighted by Crippen LogP contribution is -2.44. The number of hydrogen-bond donors (Lipinski definition) is 1. The first-order chi connectivity index (χ1) is 7.54. The van der Waals surface area contributed by atoms with Crippen LogP contribution in [0.1, 0.15) is 6.92 Å². The second kappa shape index (κ2) is 5.72. The van der Waals surface area contributed by atoms with Crippen LogP contribution in [0.5, 0.6) is 5.75 Å². The van der Waals surface area contributed by atoms with E-state index in [1.807, 2.05) is 0 Å². The molecule has 0 aliphatic rings. The molecule has 2 atom stereocenters. The molecule has 0 aliphatic heterocycles. The Bertz CT molecular complexity index is 353. The Morgan fingerprint density at radius 3 is 2.44 bits per heavy atom. The predicted molar refractivity (Wildman–Crippen MR) is 61.5 cm³/mol. The first-order valence-corrected chi connectivity index (χ1v) is 5.18. The minimum atomic E-state index is -0.805. The molecular weight excluding hydrogens is 230 g/mol. The molecule has 0 aliphatic carbocycles. The van der Waals surface area contributed by atoms with E-state index >= 15 is 0 Å². The van der Waals surface area contributed by atoms with Gasteiger partial charge in [-0.05, 0) is 31.2 Å². The van der Waals surface area contributed by atoms with Crippen molar-refractivity contribution in [2.45, 2.75) is 19.1 Å². The summed E-state index contributed by atoms with van der Waals surface area (Å²) in [6, 6.07) is 6.02. The topological polar surface area (TPSA) is 61.5 Å². The smallest absolute Gasteiger partial charge is 0.326 e. The van der Waals surface area contributed by atoms with Gasteiger partial charge in [-0.15, -0.1) is 0 Å². The average Bonchev–Trinajstić information content (AvgIpc) is 2.30. The van der Waals surface area contributed by atoms with Gasteiger partial charge in [0.2, 0.25) is 0 Å². The van der Waals surface area contributed by atoms with Crippen molar-refractivity contribution in [2.24, 2.45) is 5.73 Å². The summed E-state index contributed by atoms with van der Waals surface area (Å²) in [7, 11) is 1.29. The molecule has 1 rings (SSSR count). The van der Waals surface area contributed by atoms with Gasteiger partial charge in [0.1, 0.15) is 17.9 Å². The van der Waals surface area contributed by atoms with Gasteiger partial charge in [-0.2, -0.15) is 0 Å². The van der Waals surface area contributed by atoms with Crippen molar-refractivity contribution in [3.05, 3.63) is 29.3 Å². The Balaban J connectivity index is 2.60. The van der Waals surface area contributed by atoms with E-state index in [0.717, 1.165) is 0 Å². The number of carbonyl (C=O) groups is 1. The molecule has 16 heavy (non-hydrogen) atoms. The van der Waals surface area contributed by atoms with Crippen LogP contribution in [0, 0.1) is 0 Å². The highest BCUT2D eigenvalue weighted by Crippen LogP contribution is 2.17. The fraction of sp³-hybridized carbons (Fsp3) is 0.364. The van der Waals surface area contributed by atoms with Crippen LogP contribution in [0.15, 0.2) is 24.3 Å². The number of methoxy groups -OCH3 is 1. The van der Waals surface area contributed by atoms with Crippen LogP contribution < -0.4 is 10.5 Å². The highest BCUT2D eigenvalue weighted by molar-refractivity contribution is 6.30. The third-order valence-electron chi connectivity index (χ3n) is 2.11. The zero-order chi connectivity index (χ0) is 12.1. The highest BCUT2D eigenvalue weighted by atomic mass is 35.5. The van der Waals surface area contributed by atoms with Crippen molar-refractivity contribution in [3.63, 3.8) is 0 Å². The molecular formula is C11H14ClNO3. The maximum atomic E-state index is 11.1. The van der Waals surface area contributed by atoms with Crippen molar-refractivity contribution < 1.29 is 14.3 Å². The minimum absolute atomic E-state index is 0.464. The number of halogens is 1. The Labute approximate surface area is 99.3 Å². The molecule has 0 unspecified atom stereocenters. The van der Waals surface area contributed by atoms with Crippen molar-refractivity contribution in [1.82, 2.24) is 0 Å². The van der Waals surface area contributed by atoms with Crippen LogP contribution in [-0.4, -0.2) is 25.2 Å². The number of hydrogen-bond acceptors (Lipinski definition) is 4. The van der Waals surface area contributed by atoms with Crippen LogP contribution in [-0.2, 0) is 9.53 Å². The molecule has 88 valence electrons. The summed E-state index contributed by atoms with van der Waals surface area (Å²) in [6.07, 6.45) is -0.464. The molecule has 0 saturated heterocycles. The molecule has 0 fully saturated rings. The van der Waals surface area contributed by atoms with E-state index in [1.54, 1.807) is 31.2 Å². The van der Waals surface area contributed by atoms with Crippen LogP contribution >= 0.6 is 11.6 Å². The monoisotopic (exact) mass is 243 g/mol. The molecule has 0 spiro atoms. The lowest BCUT2D eigenvalue weighted by molar-refractivity contribution is -0.144. The maximum absolute atomic E-state index is 11.1. The molecule has 0 amide bonds. The van der Waals surface area contributed by atoms with E-state index in [9.17, 15) is 4.79 Å². The van der Waals surface area contributed by atoms with E-state index in [1.165, 1.54) is 7.11 Å². The molecule has 5 heteroatoms. The third-order valence-corrected chi connectivity index (χ3v) is 2.37. The second-order valence-electron chi connectivity index (χ2n) is 3.33. The highest BCUT2D eigenvalue weighted by Gasteiger charge is 2.22. The summed E-state index contributed by atoms with van der Waals surface area (Å²) in [6.45, 7) is 1.70. The lowest BCUT2D eigenvalue weighted by atomic mass is 10.2. The van der Waals surface area contributed by atoms with E-state index in [2.05, 4.69) is 4.74 Å². The Morgan fingerprint density at radius 1 is 1.38 bits per heavy atom. The van der Waals surface area contributed by atoms with Gasteiger partial charge >= 0.3 is 5.97 Å². The minimum Gasteiger partial charge on any atom is -0.488 e. The van der Waals surface area contributed by atoms with Crippen molar-refractivity contribution in [3.8, 4) is 5.75 Å². The number of esters is 1. The zero-order valence-electron chi connectivity index (χ0n) is 9.14. The quantitative estimate of drug-likeness (QED) is 0.817. The van der Waals surface area contributed by atoms with E-state index in [0.29, 0.717) is 10.8 Å². The Morgan fingerprint density at radius 2 is 1.94 bits per heavy atom. The van der Waals surface area contributed by atoms with E-state index < -0.39 is 18.1 Å². The standard InChI is InChI=1S/C11H14ClNO3/c1-7(10(13)11(14)15-2)16-9-5-3-8(12)4-6-9/h3-7,10H,13H2,1-2H3/t7-,10+/m1/s1. The van der Waals surface area contributed by atoms with Gasteiger partial charge in [0.25, 0.3) is 0 Å². The van der Waals surface area contributed by atoms with E-state index in [4.69, 9.17) is 22.1 Å². The Kier molecular flexibility index (Phi) is 4.58. The van der Waals surface area contributed by atoms with Gasteiger partial charge in [0, 0.05) is 5.02 Å². The van der Waals surface area contributed by atoms with Crippen LogP contribution in [0.2, 0.25) is 5.02 Å². The maximum Gasteiger partial charge on any atom is 0.326 e. The van der Waals surface area contributed by atoms with Crippen molar-refractivity contribution in [1.29, 1.82) is 0 Å². The largest absolute Gasteiger partial charge is 0.488 e. The molecule has 0 radical (unpaired) electrons. The number of carbonyl (C=O) groups excluding carboxylic acids is 1. The third kappa shape index (κ3) is 3.40. The molecule has 0 saturated carbocycles. The van der Waals surface area contributed by atoms with Gasteiger partial charge in [-0.1, -0.05) is 11.6 Å². The van der Waals surface area contributed by atoms with Crippen LogP contribution in [0.4, 0.5) is 0 Å². The molecule has 0 bridgehead atoms. The molecule has 4 nitrogen and oxygen atoms in total. The van der Waals surface area contributed by atoms with Gasteiger partial charge in [-0.25, -0.2) is 0 Å². The van der Waals surface area contributed by atoms with Crippen molar-refractivity contribution in [2.75, 3.05) is 7.11 Å². The first kappa shape index (κ1) is 12.8. The molecule has 0 aromatic heterocycles. The zero-order valence-corrected chi connectivity index (χ0v) is 9.90. The fourth-order valence-electron chi connectivity index (χ4n) is 1.13. The van der Waals surface area contributed by atoms with E-state index in [-0.39, 0.29) is 0 Å². The summed E-state index contributed by atoms with van der Waals surface area (Å²) >= 11 is 5.73. The molecule has 2 N–H and O–H groups in total. The summed E-state index contributed by atoms with van der Waals surface area (Å²) in [5.41, 5.74) is 5.62. The SMILES string of the molecule is COC(=O)[C@@H](N)[C@@H](C)Oc1ccc(Cl)cc1. The molecule has 0 heterocycles. The normalized spacial score (nSPS) is 14.0.